The fourth-order valence-electron chi connectivity index (χ4n) is 1.53. The molecule has 0 aromatic carbocycles. The Labute approximate surface area is 120 Å². The number of aliphatic carboxylic acids is 2. The molecule has 1 heterocycles. The van der Waals surface area contributed by atoms with Crippen molar-refractivity contribution < 1.29 is 24.6 Å². The van der Waals surface area contributed by atoms with Crippen molar-refractivity contribution in [1.29, 1.82) is 0 Å². The molecule has 0 radical (unpaired) electrons. The molecule has 0 aliphatic rings. The lowest BCUT2D eigenvalue weighted by molar-refractivity contribution is -0.140. The number of nitrogens with zero attached hydrogens (tertiary/aromatic N) is 1. The Morgan fingerprint density at radius 1 is 1.38 bits per heavy atom. The molecule has 5 N–H and O–H groups in total. The molecular formula is C13H15N3O5. The lowest BCUT2D eigenvalue weighted by Crippen LogP contribution is -2.41. The van der Waals surface area contributed by atoms with E-state index in [9.17, 15) is 14.4 Å². The Kier molecular flexibility index (Phi) is 5.41. The zero-order valence-corrected chi connectivity index (χ0v) is 11.1. The van der Waals surface area contributed by atoms with Gasteiger partial charge in [0.15, 0.2) is 0 Å². The van der Waals surface area contributed by atoms with Gasteiger partial charge < -0.3 is 21.3 Å². The second-order valence-electron chi connectivity index (χ2n) is 4.17. The number of nitrogen functional groups attached to an aromatic ring is 1. The molecule has 1 aromatic rings. The highest BCUT2D eigenvalue weighted by Crippen LogP contribution is 2.11. The van der Waals surface area contributed by atoms with Crippen LogP contribution in [-0.4, -0.2) is 39.1 Å². The molecule has 112 valence electrons. The molecule has 0 spiro atoms. The maximum Gasteiger partial charge on any atom is 0.326 e. The van der Waals surface area contributed by atoms with Crippen molar-refractivity contribution in [3.05, 3.63) is 30.1 Å². The number of carboxylic acid groups (broad SMARTS) is 2. The highest BCUT2D eigenvalue weighted by Gasteiger charge is 2.22. The van der Waals surface area contributed by atoms with Crippen molar-refractivity contribution in [1.82, 2.24) is 10.3 Å². The van der Waals surface area contributed by atoms with Gasteiger partial charge in [0.1, 0.15) is 11.7 Å². The number of hydrogen-bond donors (Lipinski definition) is 4. The first-order chi connectivity index (χ1) is 9.85. The SMILES string of the molecule is C=Cc1nc(C(=O)N[C@@H](CCC(=O)O)C(=O)O)ccc1N. The third-order valence-electron chi connectivity index (χ3n) is 2.63. The summed E-state index contributed by atoms with van der Waals surface area (Å²) in [5.41, 5.74) is 6.22. The molecular weight excluding hydrogens is 278 g/mol. The van der Waals surface area contributed by atoms with Gasteiger partial charge in [-0.25, -0.2) is 9.78 Å². The molecule has 0 bridgehead atoms. The van der Waals surface area contributed by atoms with Gasteiger partial charge in [-0.15, -0.1) is 0 Å². The van der Waals surface area contributed by atoms with Gasteiger partial charge in [-0.1, -0.05) is 6.58 Å². The monoisotopic (exact) mass is 293 g/mol. The molecule has 0 aliphatic carbocycles. The van der Waals surface area contributed by atoms with Crippen LogP contribution in [0.15, 0.2) is 18.7 Å². The van der Waals surface area contributed by atoms with Crippen molar-refractivity contribution in [2.75, 3.05) is 5.73 Å². The molecule has 0 saturated heterocycles. The Morgan fingerprint density at radius 3 is 2.57 bits per heavy atom. The lowest BCUT2D eigenvalue weighted by Gasteiger charge is -2.13. The summed E-state index contributed by atoms with van der Waals surface area (Å²) in [6.45, 7) is 3.50. The van der Waals surface area contributed by atoms with Crippen molar-refractivity contribution in [2.45, 2.75) is 18.9 Å². The Hall–Kier alpha value is -2.90. The first-order valence-corrected chi connectivity index (χ1v) is 5.99. The topological polar surface area (TPSA) is 143 Å². The zero-order chi connectivity index (χ0) is 16.0. The van der Waals surface area contributed by atoms with Crippen LogP contribution >= 0.6 is 0 Å². The van der Waals surface area contributed by atoms with Crippen LogP contribution in [-0.2, 0) is 9.59 Å². The number of pyridine rings is 1. The van der Waals surface area contributed by atoms with Crippen molar-refractivity contribution in [3.8, 4) is 0 Å². The van der Waals surface area contributed by atoms with Gasteiger partial charge in [0, 0.05) is 6.42 Å². The molecule has 1 aromatic heterocycles. The van der Waals surface area contributed by atoms with Gasteiger partial charge in [0.2, 0.25) is 0 Å². The lowest BCUT2D eigenvalue weighted by atomic mass is 10.1. The van der Waals surface area contributed by atoms with Crippen LogP contribution in [0, 0.1) is 0 Å². The van der Waals surface area contributed by atoms with E-state index in [0.29, 0.717) is 11.4 Å². The summed E-state index contributed by atoms with van der Waals surface area (Å²) in [4.78, 5) is 37.3. The summed E-state index contributed by atoms with van der Waals surface area (Å²) in [7, 11) is 0. The average Bonchev–Trinajstić information content (AvgIpc) is 2.43. The van der Waals surface area contributed by atoms with Crippen molar-refractivity contribution in [2.24, 2.45) is 0 Å². The molecule has 21 heavy (non-hydrogen) atoms. The maximum atomic E-state index is 11.9. The molecule has 8 nitrogen and oxygen atoms in total. The number of carboxylic acids is 2. The first-order valence-electron chi connectivity index (χ1n) is 5.99. The fourth-order valence-corrected chi connectivity index (χ4v) is 1.53. The van der Waals surface area contributed by atoms with Crippen LogP contribution in [0.3, 0.4) is 0 Å². The van der Waals surface area contributed by atoms with Gasteiger partial charge in [-0.3, -0.25) is 9.59 Å². The number of nitrogens with two attached hydrogens (primary N) is 1. The normalized spacial score (nSPS) is 11.4. The van der Waals surface area contributed by atoms with Crippen LogP contribution in [0.5, 0.6) is 0 Å². The van der Waals surface area contributed by atoms with Gasteiger partial charge in [-0.05, 0) is 24.6 Å². The number of rotatable bonds is 7. The maximum absolute atomic E-state index is 11.9. The third-order valence-corrected chi connectivity index (χ3v) is 2.63. The molecule has 0 aliphatic heterocycles. The number of carbonyl (C=O) groups is 3. The molecule has 1 amide bonds. The summed E-state index contributed by atoms with van der Waals surface area (Å²) in [5.74, 6) is -3.19. The molecule has 0 unspecified atom stereocenters. The summed E-state index contributed by atoms with van der Waals surface area (Å²) in [5, 5.41) is 19.7. The van der Waals surface area contributed by atoms with Gasteiger partial charge in [-0.2, -0.15) is 0 Å². The van der Waals surface area contributed by atoms with E-state index >= 15 is 0 Å². The molecule has 0 fully saturated rings. The Balaban J connectivity index is 2.84. The van der Waals surface area contributed by atoms with Gasteiger partial charge >= 0.3 is 11.9 Å². The van der Waals surface area contributed by atoms with Gasteiger partial charge in [0.05, 0.1) is 11.4 Å². The number of aromatic nitrogens is 1. The van der Waals surface area contributed by atoms with E-state index in [1.165, 1.54) is 18.2 Å². The minimum absolute atomic E-state index is 0.0272. The molecule has 8 heteroatoms. The predicted octanol–water partition coefficient (Wildman–Crippen LogP) is 0.355. The quantitative estimate of drug-likeness (QED) is 0.568. The fraction of sp³-hybridized carbons (Fsp3) is 0.231. The third kappa shape index (κ3) is 4.60. The van der Waals surface area contributed by atoms with E-state index in [1.54, 1.807) is 0 Å². The standard InChI is InChI=1S/C13H15N3O5/c1-2-8-7(14)3-4-9(15-8)12(19)16-10(13(20)21)5-6-11(17)18/h2-4,10H,1,5-6,14H2,(H,16,19)(H,17,18)(H,20,21)/t10-/m0/s1. The van der Waals surface area contributed by atoms with E-state index < -0.39 is 23.9 Å². The van der Waals surface area contributed by atoms with E-state index in [4.69, 9.17) is 15.9 Å². The van der Waals surface area contributed by atoms with Crippen molar-refractivity contribution >= 4 is 29.6 Å². The molecule has 1 rings (SSSR count). The van der Waals surface area contributed by atoms with Gasteiger partial charge in [0.25, 0.3) is 5.91 Å². The largest absolute Gasteiger partial charge is 0.481 e. The van der Waals surface area contributed by atoms with Crippen LogP contribution in [0.25, 0.3) is 6.08 Å². The van der Waals surface area contributed by atoms with Crippen molar-refractivity contribution in [3.63, 3.8) is 0 Å². The minimum atomic E-state index is -1.32. The average molecular weight is 293 g/mol. The van der Waals surface area contributed by atoms with Crippen LogP contribution in [0.1, 0.15) is 29.0 Å². The minimum Gasteiger partial charge on any atom is -0.481 e. The highest BCUT2D eigenvalue weighted by atomic mass is 16.4. The number of anilines is 1. The summed E-state index contributed by atoms with van der Waals surface area (Å²) < 4.78 is 0. The zero-order valence-electron chi connectivity index (χ0n) is 11.1. The number of hydrogen-bond acceptors (Lipinski definition) is 5. The summed E-state index contributed by atoms with van der Waals surface area (Å²) in [6.07, 6.45) is 0.773. The van der Waals surface area contributed by atoms with E-state index in [2.05, 4.69) is 16.9 Å². The van der Waals surface area contributed by atoms with E-state index in [0.717, 1.165) is 0 Å². The van der Waals surface area contributed by atoms with Crippen LogP contribution < -0.4 is 11.1 Å². The number of nitrogens with one attached hydrogen (secondary N) is 1. The first kappa shape index (κ1) is 16.2. The molecule has 0 saturated carbocycles. The summed E-state index contributed by atoms with van der Waals surface area (Å²) in [6, 6.07) is 1.49. The number of amides is 1. The second-order valence-corrected chi connectivity index (χ2v) is 4.17. The van der Waals surface area contributed by atoms with Crippen LogP contribution in [0.4, 0.5) is 5.69 Å². The second kappa shape index (κ2) is 7.04. The predicted molar refractivity (Wildman–Crippen MR) is 74.5 cm³/mol. The van der Waals surface area contributed by atoms with E-state index in [-0.39, 0.29) is 18.5 Å². The number of carbonyl (C=O) groups excluding carboxylic acids is 1. The van der Waals surface area contributed by atoms with Crippen LogP contribution in [0.2, 0.25) is 0 Å². The van der Waals surface area contributed by atoms with E-state index in [1.807, 2.05) is 0 Å². The Bertz CT molecular complexity index is 585. The smallest absolute Gasteiger partial charge is 0.326 e. The summed E-state index contributed by atoms with van der Waals surface area (Å²) >= 11 is 0. The molecule has 1 atom stereocenters. The Morgan fingerprint density at radius 2 is 2.05 bits per heavy atom. The highest BCUT2D eigenvalue weighted by molar-refractivity contribution is 5.95.